The fraction of sp³-hybridized carbons (Fsp3) is 0.938. The van der Waals surface area contributed by atoms with E-state index in [-0.39, 0.29) is 17.6 Å². The summed E-state index contributed by atoms with van der Waals surface area (Å²) in [4.78, 5) is 17.0. The first kappa shape index (κ1) is 18.4. The van der Waals surface area contributed by atoms with Crippen molar-refractivity contribution < 1.29 is 9.53 Å². The zero-order valence-electron chi connectivity index (χ0n) is 14.8. The maximum Gasteiger partial charge on any atom is 0.327 e. The number of carbonyl (C=O) groups excluding carboxylic acids is 1. The molecule has 124 valence electrons. The van der Waals surface area contributed by atoms with Crippen molar-refractivity contribution in [2.45, 2.75) is 58.7 Å². The van der Waals surface area contributed by atoms with Crippen LogP contribution in [-0.2, 0) is 9.53 Å². The minimum atomic E-state index is -0.646. The monoisotopic (exact) mass is 299 g/mol. The van der Waals surface area contributed by atoms with Crippen molar-refractivity contribution in [1.82, 2.24) is 15.1 Å². The number of nitrogens with one attached hydrogen (secondary N) is 1. The maximum absolute atomic E-state index is 12.1. The van der Waals surface area contributed by atoms with E-state index in [1.165, 1.54) is 7.11 Å². The van der Waals surface area contributed by atoms with Gasteiger partial charge in [-0.05, 0) is 41.5 Å². The topological polar surface area (TPSA) is 44.8 Å². The van der Waals surface area contributed by atoms with E-state index in [2.05, 4.69) is 49.7 Å². The number of rotatable bonds is 5. The van der Waals surface area contributed by atoms with Crippen LogP contribution in [0, 0.1) is 0 Å². The Morgan fingerprint density at radius 3 is 2.05 bits per heavy atom. The largest absolute Gasteiger partial charge is 0.468 e. The molecule has 1 heterocycles. The number of carbonyl (C=O) groups is 1. The highest BCUT2D eigenvalue weighted by molar-refractivity contribution is 5.80. The van der Waals surface area contributed by atoms with Crippen LogP contribution in [0.4, 0.5) is 0 Å². The Morgan fingerprint density at radius 2 is 1.67 bits per heavy atom. The van der Waals surface area contributed by atoms with Crippen molar-refractivity contribution in [2.75, 3.05) is 39.8 Å². The summed E-state index contributed by atoms with van der Waals surface area (Å²) in [6.45, 7) is 17.6. The SMILES string of the molecule is COC(=O)C(C)(CN1CCN(C(C)(C)C)CC1)NC(C)C. The average Bonchev–Trinajstić information content (AvgIpc) is 2.36. The van der Waals surface area contributed by atoms with Crippen molar-refractivity contribution in [3.8, 4) is 0 Å². The predicted molar refractivity (Wildman–Crippen MR) is 86.5 cm³/mol. The molecule has 1 fully saturated rings. The highest BCUT2D eigenvalue weighted by Crippen LogP contribution is 2.18. The van der Waals surface area contributed by atoms with E-state index in [9.17, 15) is 4.79 Å². The number of esters is 1. The first-order valence-corrected chi connectivity index (χ1v) is 7.92. The van der Waals surface area contributed by atoms with E-state index in [0.29, 0.717) is 6.54 Å². The number of hydrogen-bond acceptors (Lipinski definition) is 5. The fourth-order valence-electron chi connectivity index (χ4n) is 3.06. The summed E-state index contributed by atoms with van der Waals surface area (Å²) in [5.74, 6) is -0.186. The summed E-state index contributed by atoms with van der Waals surface area (Å²) in [7, 11) is 1.46. The molecule has 0 aromatic heterocycles. The van der Waals surface area contributed by atoms with Gasteiger partial charge in [-0.2, -0.15) is 0 Å². The first-order valence-electron chi connectivity index (χ1n) is 7.92. The van der Waals surface area contributed by atoms with Crippen LogP contribution in [0.15, 0.2) is 0 Å². The smallest absolute Gasteiger partial charge is 0.327 e. The van der Waals surface area contributed by atoms with Crippen molar-refractivity contribution >= 4 is 5.97 Å². The van der Waals surface area contributed by atoms with Gasteiger partial charge in [-0.3, -0.25) is 19.9 Å². The first-order chi connectivity index (χ1) is 9.58. The zero-order chi connectivity index (χ0) is 16.3. The lowest BCUT2D eigenvalue weighted by molar-refractivity contribution is -0.149. The Labute approximate surface area is 130 Å². The van der Waals surface area contributed by atoms with E-state index in [0.717, 1.165) is 26.2 Å². The Balaban J connectivity index is 2.64. The number of piperazine rings is 1. The second-order valence-corrected chi connectivity index (χ2v) is 7.56. The molecule has 0 radical (unpaired) electrons. The molecule has 1 saturated heterocycles. The van der Waals surface area contributed by atoms with Crippen molar-refractivity contribution in [3.63, 3.8) is 0 Å². The summed E-state index contributed by atoms with van der Waals surface area (Å²) in [5, 5.41) is 3.37. The molecule has 0 spiro atoms. The third-order valence-corrected chi connectivity index (χ3v) is 4.10. The maximum atomic E-state index is 12.1. The molecule has 21 heavy (non-hydrogen) atoms. The second kappa shape index (κ2) is 7.07. The molecule has 1 aliphatic rings. The Hall–Kier alpha value is -0.650. The molecule has 1 unspecified atom stereocenters. The van der Waals surface area contributed by atoms with Gasteiger partial charge in [-0.15, -0.1) is 0 Å². The summed E-state index contributed by atoms with van der Waals surface area (Å²) in [6, 6.07) is 0.241. The summed E-state index contributed by atoms with van der Waals surface area (Å²) in [5.41, 5.74) is -0.430. The minimum Gasteiger partial charge on any atom is -0.468 e. The van der Waals surface area contributed by atoms with Crippen molar-refractivity contribution in [3.05, 3.63) is 0 Å². The van der Waals surface area contributed by atoms with Gasteiger partial charge in [0.1, 0.15) is 5.54 Å². The van der Waals surface area contributed by atoms with Crippen LogP contribution in [0.5, 0.6) is 0 Å². The molecule has 0 aliphatic carbocycles. The standard InChI is InChI=1S/C16H33N3O2/c1-13(2)17-16(6,14(20)21-7)12-18-8-10-19(11-9-18)15(3,4)5/h13,17H,8-12H2,1-7H3. The third-order valence-electron chi connectivity index (χ3n) is 4.10. The minimum absolute atomic E-state index is 0.186. The van der Waals surface area contributed by atoms with Gasteiger partial charge in [0.2, 0.25) is 0 Å². The fourth-order valence-corrected chi connectivity index (χ4v) is 3.06. The number of hydrogen-bond donors (Lipinski definition) is 1. The van der Waals surface area contributed by atoms with Crippen LogP contribution >= 0.6 is 0 Å². The van der Waals surface area contributed by atoms with E-state index < -0.39 is 5.54 Å². The van der Waals surface area contributed by atoms with Gasteiger partial charge < -0.3 is 4.74 Å². The molecule has 0 amide bonds. The van der Waals surface area contributed by atoms with Crippen LogP contribution in [0.3, 0.4) is 0 Å². The van der Waals surface area contributed by atoms with Crippen LogP contribution in [0.2, 0.25) is 0 Å². The highest BCUT2D eigenvalue weighted by atomic mass is 16.5. The van der Waals surface area contributed by atoms with Crippen molar-refractivity contribution in [2.24, 2.45) is 0 Å². The highest BCUT2D eigenvalue weighted by Gasteiger charge is 2.38. The lowest BCUT2D eigenvalue weighted by atomic mass is 9.99. The van der Waals surface area contributed by atoms with E-state index >= 15 is 0 Å². The zero-order valence-corrected chi connectivity index (χ0v) is 14.8. The Bertz CT molecular complexity index is 344. The molecule has 0 saturated carbocycles. The molecule has 1 atom stereocenters. The predicted octanol–water partition coefficient (Wildman–Crippen LogP) is 1.33. The molecule has 1 N–H and O–H groups in total. The average molecular weight is 299 g/mol. The van der Waals surface area contributed by atoms with Gasteiger partial charge >= 0.3 is 5.97 Å². The van der Waals surface area contributed by atoms with Gasteiger partial charge in [0.15, 0.2) is 0 Å². The third kappa shape index (κ3) is 5.24. The van der Waals surface area contributed by atoms with Gasteiger partial charge in [0.25, 0.3) is 0 Å². The molecule has 0 aromatic carbocycles. The lowest BCUT2D eigenvalue weighted by Gasteiger charge is -2.44. The van der Waals surface area contributed by atoms with Gasteiger partial charge in [0, 0.05) is 44.3 Å². The van der Waals surface area contributed by atoms with Crippen LogP contribution < -0.4 is 5.32 Å². The normalized spacial score (nSPS) is 21.3. The molecule has 5 nitrogen and oxygen atoms in total. The van der Waals surface area contributed by atoms with Crippen LogP contribution in [0.1, 0.15) is 41.5 Å². The lowest BCUT2D eigenvalue weighted by Crippen LogP contribution is -2.62. The molecule has 1 rings (SSSR count). The number of methoxy groups -OCH3 is 1. The van der Waals surface area contributed by atoms with Gasteiger partial charge in [-0.25, -0.2) is 0 Å². The van der Waals surface area contributed by atoms with E-state index in [1.807, 2.05) is 6.92 Å². The second-order valence-electron chi connectivity index (χ2n) is 7.56. The van der Waals surface area contributed by atoms with Crippen molar-refractivity contribution in [1.29, 1.82) is 0 Å². The molecule has 1 aliphatic heterocycles. The quantitative estimate of drug-likeness (QED) is 0.776. The Morgan fingerprint density at radius 1 is 1.14 bits per heavy atom. The van der Waals surface area contributed by atoms with Gasteiger partial charge in [-0.1, -0.05) is 0 Å². The molecular formula is C16H33N3O2. The molecule has 0 aromatic rings. The number of nitrogens with zero attached hydrogens (tertiary/aromatic N) is 2. The molecular weight excluding hydrogens is 266 g/mol. The summed E-state index contributed by atoms with van der Waals surface area (Å²) in [6.07, 6.45) is 0. The molecule has 5 heteroatoms. The number of ether oxygens (including phenoxy) is 1. The van der Waals surface area contributed by atoms with Gasteiger partial charge in [0.05, 0.1) is 7.11 Å². The van der Waals surface area contributed by atoms with Crippen LogP contribution in [0.25, 0.3) is 0 Å². The van der Waals surface area contributed by atoms with Crippen LogP contribution in [-0.4, -0.2) is 72.7 Å². The Kier molecular flexibility index (Phi) is 6.20. The summed E-state index contributed by atoms with van der Waals surface area (Å²) < 4.78 is 4.99. The van der Waals surface area contributed by atoms with E-state index in [4.69, 9.17) is 4.74 Å². The van der Waals surface area contributed by atoms with E-state index in [1.54, 1.807) is 0 Å². The summed E-state index contributed by atoms with van der Waals surface area (Å²) >= 11 is 0. The molecule has 0 bridgehead atoms.